The van der Waals surface area contributed by atoms with Gasteiger partial charge in [0.25, 0.3) is 0 Å². The van der Waals surface area contributed by atoms with Crippen LogP contribution in [-0.2, 0) is 7.58 Å². The number of unbranched alkanes of at least 4 members (excludes halogenated alkanes) is 3. The van der Waals surface area contributed by atoms with E-state index in [9.17, 15) is 0 Å². The third-order valence-corrected chi connectivity index (χ3v) is 5.08. The van der Waals surface area contributed by atoms with E-state index < -0.39 is 14.8 Å². The Morgan fingerprint density at radius 2 is 1.24 bits per heavy atom. The van der Waals surface area contributed by atoms with E-state index in [1.807, 2.05) is 0 Å². The van der Waals surface area contributed by atoms with Crippen molar-refractivity contribution in [3.05, 3.63) is 0 Å². The molecule has 0 spiro atoms. The average Bonchev–Trinajstić information content (AvgIpc) is 2.06. The highest BCUT2D eigenvalue weighted by molar-refractivity contribution is 6.44. The minimum Gasteiger partial charge on any atom is -0.474 e. The van der Waals surface area contributed by atoms with Crippen LogP contribution in [0.15, 0.2) is 0 Å². The van der Waals surface area contributed by atoms with E-state index in [0.29, 0.717) is 0 Å². The van der Waals surface area contributed by atoms with Gasteiger partial charge in [0.05, 0.1) is 0 Å². The zero-order valence-electron chi connectivity index (χ0n) is 12.9. The molecule has 0 aromatic rings. The fraction of sp³-hybridized carbons (Fsp3) is 1.00. The molecule has 0 saturated heterocycles. The number of hydrogen-bond acceptors (Lipinski definition) is 2. The second-order valence-electron chi connectivity index (χ2n) is 6.74. The summed E-state index contributed by atoms with van der Waals surface area (Å²) in [5.74, 6) is 0. The lowest BCUT2D eigenvalue weighted by atomic mass is 10.2. The molecule has 0 atom stereocenters. The second kappa shape index (κ2) is 7.79. The SMILES string of the molecule is CCCCC[CH2][Al]([O]C(C)(C)C)[O]C(C)(C)C. The fourth-order valence-corrected chi connectivity index (χ4v) is 4.15. The van der Waals surface area contributed by atoms with E-state index in [2.05, 4.69) is 48.5 Å². The summed E-state index contributed by atoms with van der Waals surface area (Å²) in [6.07, 6.45) is 5.16. The lowest BCUT2D eigenvalue weighted by molar-refractivity contribution is 0.0335. The van der Waals surface area contributed by atoms with Gasteiger partial charge in [-0.2, -0.15) is 0 Å². The van der Waals surface area contributed by atoms with E-state index in [1.54, 1.807) is 0 Å². The van der Waals surface area contributed by atoms with Crippen LogP contribution in [0.4, 0.5) is 0 Å². The van der Waals surface area contributed by atoms with Crippen LogP contribution in [0.3, 0.4) is 0 Å². The van der Waals surface area contributed by atoms with Crippen molar-refractivity contribution >= 4 is 14.8 Å². The summed E-state index contributed by atoms with van der Waals surface area (Å²) < 4.78 is 12.2. The highest BCUT2D eigenvalue weighted by Gasteiger charge is 2.33. The normalized spacial score (nSPS) is 12.9. The van der Waals surface area contributed by atoms with E-state index in [-0.39, 0.29) is 11.2 Å². The predicted molar refractivity (Wildman–Crippen MR) is 76.4 cm³/mol. The van der Waals surface area contributed by atoms with Crippen LogP contribution in [-0.4, -0.2) is 26.0 Å². The molecule has 0 aromatic carbocycles. The van der Waals surface area contributed by atoms with E-state index in [0.717, 1.165) is 5.28 Å². The third kappa shape index (κ3) is 12.7. The molecule has 0 heterocycles. The van der Waals surface area contributed by atoms with Crippen molar-refractivity contribution in [3.63, 3.8) is 0 Å². The Morgan fingerprint density at radius 1 is 0.765 bits per heavy atom. The summed E-state index contributed by atoms with van der Waals surface area (Å²) in [6.45, 7) is 14.9. The second-order valence-corrected chi connectivity index (χ2v) is 8.65. The molecular weight excluding hydrogens is 227 g/mol. The molecule has 17 heavy (non-hydrogen) atoms. The molecule has 0 aliphatic carbocycles. The van der Waals surface area contributed by atoms with Crippen molar-refractivity contribution in [3.8, 4) is 0 Å². The quantitative estimate of drug-likeness (QED) is 0.487. The summed E-state index contributed by atoms with van der Waals surface area (Å²) in [7, 11) is 0. The molecule has 0 aliphatic heterocycles. The first kappa shape index (κ1) is 17.5. The van der Waals surface area contributed by atoms with Crippen molar-refractivity contribution in [2.24, 2.45) is 0 Å². The minimum atomic E-state index is -1.53. The van der Waals surface area contributed by atoms with Gasteiger partial charge in [-0.15, -0.1) is 0 Å². The lowest BCUT2D eigenvalue weighted by Gasteiger charge is -2.30. The van der Waals surface area contributed by atoms with Gasteiger partial charge >= 0.3 is 14.8 Å². The Hall–Kier alpha value is 0.452. The van der Waals surface area contributed by atoms with Crippen molar-refractivity contribution in [2.45, 2.75) is 90.6 Å². The lowest BCUT2D eigenvalue weighted by Crippen LogP contribution is -2.38. The minimum absolute atomic E-state index is 0.0765. The Balaban J connectivity index is 4.12. The maximum atomic E-state index is 6.11. The van der Waals surface area contributed by atoms with Gasteiger partial charge in [0, 0.05) is 11.2 Å². The highest BCUT2D eigenvalue weighted by atomic mass is 27.2. The smallest absolute Gasteiger partial charge is 0.474 e. The van der Waals surface area contributed by atoms with Crippen molar-refractivity contribution in [1.82, 2.24) is 0 Å². The standard InChI is InChI=1S/C6H13.2C4H9O.Al/c1-3-5-6-4-2;2*1-4(2,3)5;/h1,3-6H2,2H3;2*1-3H3;/q;2*-1;+2. The van der Waals surface area contributed by atoms with E-state index in [1.165, 1.54) is 25.7 Å². The highest BCUT2D eigenvalue weighted by Crippen LogP contribution is 2.19. The van der Waals surface area contributed by atoms with E-state index >= 15 is 0 Å². The monoisotopic (exact) mass is 258 g/mol. The first-order valence-electron chi connectivity index (χ1n) is 7.00. The summed E-state index contributed by atoms with van der Waals surface area (Å²) in [5.41, 5.74) is -0.153. The molecular formula is C14H31AlO2. The molecule has 3 heteroatoms. The van der Waals surface area contributed by atoms with Crippen LogP contribution in [0.5, 0.6) is 0 Å². The summed E-state index contributed by atoms with van der Waals surface area (Å²) in [5, 5.41) is 1.13. The molecule has 0 unspecified atom stereocenters. The molecule has 0 aromatic heterocycles. The molecule has 2 nitrogen and oxygen atoms in total. The molecule has 0 saturated carbocycles. The van der Waals surface area contributed by atoms with Gasteiger partial charge in [0.1, 0.15) is 0 Å². The van der Waals surface area contributed by atoms with Crippen molar-refractivity contribution in [1.29, 1.82) is 0 Å². The Morgan fingerprint density at radius 3 is 1.59 bits per heavy atom. The van der Waals surface area contributed by atoms with Crippen LogP contribution in [0, 0.1) is 0 Å². The molecule has 0 N–H and O–H groups in total. The first-order chi connectivity index (χ1) is 7.64. The predicted octanol–water partition coefficient (Wildman–Crippen LogP) is 4.69. The van der Waals surface area contributed by atoms with Gasteiger partial charge in [-0.05, 0) is 46.8 Å². The van der Waals surface area contributed by atoms with Crippen molar-refractivity contribution < 1.29 is 7.58 Å². The summed E-state index contributed by atoms with van der Waals surface area (Å²) in [6, 6.07) is 0. The van der Waals surface area contributed by atoms with Gasteiger partial charge in [-0.25, -0.2) is 0 Å². The van der Waals surface area contributed by atoms with Crippen molar-refractivity contribution in [2.75, 3.05) is 0 Å². The van der Waals surface area contributed by atoms with Gasteiger partial charge < -0.3 is 7.58 Å². The first-order valence-corrected chi connectivity index (χ1v) is 8.75. The fourth-order valence-electron chi connectivity index (χ4n) is 1.67. The van der Waals surface area contributed by atoms with Gasteiger partial charge in [-0.3, -0.25) is 0 Å². The van der Waals surface area contributed by atoms with Crippen LogP contribution in [0.25, 0.3) is 0 Å². The van der Waals surface area contributed by atoms with Gasteiger partial charge in [-0.1, -0.05) is 32.6 Å². The Labute approximate surface area is 113 Å². The molecule has 102 valence electrons. The Kier molecular flexibility index (Phi) is 8.00. The number of rotatable bonds is 7. The van der Waals surface area contributed by atoms with Crippen LogP contribution >= 0.6 is 0 Å². The van der Waals surface area contributed by atoms with Gasteiger partial charge in [0.2, 0.25) is 0 Å². The van der Waals surface area contributed by atoms with Crippen LogP contribution in [0.1, 0.15) is 74.1 Å². The van der Waals surface area contributed by atoms with Crippen LogP contribution < -0.4 is 0 Å². The zero-order chi connectivity index (χ0) is 13.5. The topological polar surface area (TPSA) is 18.5 Å². The Bertz CT molecular complexity index is 175. The largest absolute Gasteiger partial charge is 0.675 e. The van der Waals surface area contributed by atoms with Gasteiger partial charge in [0.15, 0.2) is 0 Å². The summed E-state index contributed by atoms with van der Waals surface area (Å²) >= 11 is -1.53. The summed E-state index contributed by atoms with van der Waals surface area (Å²) in [4.78, 5) is 0. The molecule has 0 amide bonds. The zero-order valence-corrected chi connectivity index (χ0v) is 14.1. The third-order valence-electron chi connectivity index (χ3n) is 2.26. The maximum Gasteiger partial charge on any atom is 0.675 e. The van der Waals surface area contributed by atoms with E-state index in [4.69, 9.17) is 7.58 Å². The average molecular weight is 258 g/mol. The molecule has 0 bridgehead atoms. The number of hydrogen-bond donors (Lipinski definition) is 0. The molecule has 0 fully saturated rings. The maximum absolute atomic E-state index is 6.11. The molecule has 0 radical (unpaired) electrons. The molecule has 0 aliphatic rings. The van der Waals surface area contributed by atoms with Crippen LogP contribution in [0.2, 0.25) is 5.28 Å². The molecule has 0 rings (SSSR count).